The van der Waals surface area contributed by atoms with Crippen LogP contribution >= 0.6 is 0 Å². The molecule has 0 spiro atoms. The first-order valence-electron chi connectivity index (χ1n) is 20.1. The number of anilines is 3. The number of benzene rings is 7. The highest BCUT2D eigenvalue weighted by atomic mass is 15.1. The van der Waals surface area contributed by atoms with Crippen molar-refractivity contribution < 1.29 is 0 Å². The average molecular weight is 710 g/mol. The Morgan fingerprint density at radius 2 is 0.945 bits per heavy atom. The lowest BCUT2D eigenvalue weighted by Gasteiger charge is -2.33. The maximum Gasteiger partial charge on any atom is 0.0624 e. The smallest absolute Gasteiger partial charge is 0.0624 e. The summed E-state index contributed by atoms with van der Waals surface area (Å²) >= 11 is 0. The third-order valence-electron chi connectivity index (χ3n) is 12.8. The van der Waals surface area contributed by atoms with Crippen molar-refractivity contribution in [2.24, 2.45) is 0 Å². The second-order valence-corrected chi connectivity index (χ2v) is 16.8. The van der Waals surface area contributed by atoms with E-state index in [0.29, 0.717) is 0 Å². The van der Waals surface area contributed by atoms with E-state index in [1.165, 1.54) is 109 Å². The molecule has 7 aromatic rings. The summed E-state index contributed by atoms with van der Waals surface area (Å²) in [7, 11) is 0. The van der Waals surface area contributed by atoms with Crippen molar-refractivity contribution >= 4 is 22.6 Å². The molecular formula is C54H47N. The molecule has 0 saturated heterocycles. The molecule has 0 aromatic heterocycles. The van der Waals surface area contributed by atoms with Crippen LogP contribution in [-0.2, 0) is 10.8 Å². The lowest BCUT2D eigenvalue weighted by molar-refractivity contribution is 0.639. The van der Waals surface area contributed by atoms with Gasteiger partial charge in [0.2, 0.25) is 0 Å². The van der Waals surface area contributed by atoms with E-state index < -0.39 is 0 Å². The summed E-state index contributed by atoms with van der Waals surface area (Å²) in [4.78, 5) is 2.55. The second kappa shape index (κ2) is 12.8. The van der Waals surface area contributed by atoms with E-state index in [-0.39, 0.29) is 10.8 Å². The number of para-hydroxylation sites is 1. The molecule has 3 aliphatic carbocycles. The van der Waals surface area contributed by atoms with Crippen LogP contribution < -0.4 is 4.90 Å². The van der Waals surface area contributed by atoms with Gasteiger partial charge >= 0.3 is 0 Å². The van der Waals surface area contributed by atoms with Crippen LogP contribution in [0.3, 0.4) is 0 Å². The van der Waals surface area contributed by atoms with E-state index in [2.05, 4.69) is 196 Å². The van der Waals surface area contributed by atoms with Crippen LogP contribution in [0.25, 0.3) is 50.1 Å². The molecule has 0 radical (unpaired) electrons. The Morgan fingerprint density at radius 3 is 1.62 bits per heavy atom. The third-order valence-corrected chi connectivity index (χ3v) is 12.8. The van der Waals surface area contributed by atoms with Crippen LogP contribution in [0.15, 0.2) is 164 Å². The highest BCUT2D eigenvalue weighted by molar-refractivity contribution is 6.06. The summed E-state index contributed by atoms with van der Waals surface area (Å²) in [5.74, 6) is 0. The lowest BCUT2D eigenvalue weighted by atomic mass is 9.77. The van der Waals surface area contributed by atoms with Crippen molar-refractivity contribution in [3.05, 3.63) is 192 Å². The molecule has 55 heavy (non-hydrogen) atoms. The second-order valence-electron chi connectivity index (χ2n) is 16.8. The molecular weight excluding hydrogens is 663 g/mol. The molecule has 0 saturated carbocycles. The van der Waals surface area contributed by atoms with Crippen molar-refractivity contribution in [3.63, 3.8) is 0 Å². The Bertz CT molecular complexity index is 2600. The summed E-state index contributed by atoms with van der Waals surface area (Å²) in [6.45, 7) is 9.67. The fraction of sp³-hybridized carbons (Fsp3) is 0.185. The van der Waals surface area contributed by atoms with Gasteiger partial charge in [-0.05, 0) is 123 Å². The molecule has 0 amide bonds. The van der Waals surface area contributed by atoms with E-state index in [1.54, 1.807) is 0 Å². The zero-order valence-corrected chi connectivity index (χ0v) is 32.4. The van der Waals surface area contributed by atoms with Crippen molar-refractivity contribution in [2.45, 2.75) is 64.2 Å². The lowest BCUT2D eigenvalue weighted by Crippen LogP contribution is -2.20. The zero-order valence-electron chi connectivity index (χ0n) is 32.4. The van der Waals surface area contributed by atoms with Crippen molar-refractivity contribution in [2.75, 3.05) is 4.90 Å². The molecule has 0 atom stereocenters. The van der Waals surface area contributed by atoms with Gasteiger partial charge in [0.05, 0.1) is 5.69 Å². The predicted octanol–water partition coefficient (Wildman–Crippen LogP) is 15.1. The van der Waals surface area contributed by atoms with E-state index in [0.717, 1.165) is 11.4 Å². The van der Waals surface area contributed by atoms with Gasteiger partial charge in [0.15, 0.2) is 0 Å². The maximum atomic E-state index is 2.57. The van der Waals surface area contributed by atoms with Crippen molar-refractivity contribution in [3.8, 4) is 44.5 Å². The molecule has 0 aliphatic heterocycles. The largest absolute Gasteiger partial charge is 0.309 e. The average Bonchev–Trinajstić information content (AvgIpc) is 3.61. The maximum absolute atomic E-state index is 2.57. The molecule has 7 aromatic carbocycles. The fourth-order valence-corrected chi connectivity index (χ4v) is 9.81. The zero-order chi connectivity index (χ0) is 37.3. The Kier molecular flexibility index (Phi) is 7.86. The third kappa shape index (κ3) is 5.35. The number of hydrogen-bond acceptors (Lipinski definition) is 1. The van der Waals surface area contributed by atoms with Crippen LogP contribution in [0.1, 0.15) is 81.2 Å². The van der Waals surface area contributed by atoms with Gasteiger partial charge in [-0.15, -0.1) is 0 Å². The summed E-state index contributed by atoms with van der Waals surface area (Å²) in [6.07, 6.45) is 7.43. The number of hydrogen-bond donors (Lipinski definition) is 0. The molecule has 1 heteroatoms. The number of nitrogens with zero attached hydrogens (tertiary/aromatic N) is 1. The van der Waals surface area contributed by atoms with Gasteiger partial charge in [-0.3, -0.25) is 0 Å². The van der Waals surface area contributed by atoms with Gasteiger partial charge in [0.1, 0.15) is 0 Å². The molecule has 10 rings (SSSR count). The normalized spacial score (nSPS) is 15.7. The molecule has 0 bridgehead atoms. The molecule has 268 valence electrons. The molecule has 0 heterocycles. The SMILES string of the molecule is CC1(C)c2ccccc2-c2c1cc1c(c2N(c2ccccc2)c2ccc(-c3ccc(C4=CCCCC4)cc3)cc2)-c2ccc(-c3ccccc3)cc2C1(C)C. The Hall–Kier alpha value is -5.92. The quantitative estimate of drug-likeness (QED) is 0.166. The Balaban J connectivity index is 1.19. The predicted molar refractivity (Wildman–Crippen MR) is 234 cm³/mol. The van der Waals surface area contributed by atoms with Gasteiger partial charge in [-0.2, -0.15) is 0 Å². The topological polar surface area (TPSA) is 3.24 Å². The van der Waals surface area contributed by atoms with Crippen LogP contribution in [0, 0.1) is 0 Å². The van der Waals surface area contributed by atoms with E-state index in [1.807, 2.05) is 0 Å². The minimum atomic E-state index is -0.198. The van der Waals surface area contributed by atoms with E-state index >= 15 is 0 Å². The highest BCUT2D eigenvalue weighted by Gasteiger charge is 2.45. The van der Waals surface area contributed by atoms with E-state index in [9.17, 15) is 0 Å². The minimum absolute atomic E-state index is 0.151. The van der Waals surface area contributed by atoms with Crippen molar-refractivity contribution in [1.29, 1.82) is 0 Å². The van der Waals surface area contributed by atoms with Crippen LogP contribution in [0.5, 0.6) is 0 Å². The number of allylic oxidation sites excluding steroid dienone is 2. The van der Waals surface area contributed by atoms with E-state index in [4.69, 9.17) is 0 Å². The Labute approximate surface area is 326 Å². The molecule has 3 aliphatic rings. The van der Waals surface area contributed by atoms with Crippen molar-refractivity contribution in [1.82, 2.24) is 0 Å². The van der Waals surface area contributed by atoms with Gasteiger partial charge in [-0.1, -0.05) is 161 Å². The molecule has 1 nitrogen and oxygen atoms in total. The first kappa shape index (κ1) is 33.6. The monoisotopic (exact) mass is 709 g/mol. The Morgan fingerprint density at radius 1 is 0.418 bits per heavy atom. The molecule has 0 unspecified atom stereocenters. The molecule has 0 N–H and O–H groups in total. The number of rotatable bonds is 6. The van der Waals surface area contributed by atoms with Gasteiger partial charge in [0, 0.05) is 33.3 Å². The van der Waals surface area contributed by atoms with Crippen LogP contribution in [0.2, 0.25) is 0 Å². The summed E-state index contributed by atoms with van der Waals surface area (Å²) in [6, 6.07) is 59.2. The minimum Gasteiger partial charge on any atom is -0.309 e. The van der Waals surface area contributed by atoms with Gasteiger partial charge < -0.3 is 4.90 Å². The number of fused-ring (bicyclic) bond motifs is 6. The highest BCUT2D eigenvalue weighted by Crippen LogP contribution is 2.63. The summed E-state index contributed by atoms with van der Waals surface area (Å²) in [5, 5.41) is 0. The standard InChI is InChI=1S/C54H47N/c1-53(2)46-23-15-14-22-44(46)50-48(53)35-49-51(45-33-30-41(34-47(45)54(49,3)4)37-18-10-6-11-19-37)52(50)55(42-20-12-7-13-21-42)43-31-28-40(29-32-43)39-26-24-38(25-27-39)36-16-8-5-9-17-36/h6-7,10-16,18-35H,5,8-9,17H2,1-4H3. The summed E-state index contributed by atoms with van der Waals surface area (Å²) in [5.41, 5.74) is 22.0. The van der Waals surface area contributed by atoms with Gasteiger partial charge in [0.25, 0.3) is 0 Å². The first-order chi connectivity index (χ1) is 26.8. The van der Waals surface area contributed by atoms with Crippen LogP contribution in [-0.4, -0.2) is 0 Å². The van der Waals surface area contributed by atoms with Gasteiger partial charge in [-0.25, -0.2) is 0 Å². The summed E-state index contributed by atoms with van der Waals surface area (Å²) < 4.78 is 0. The molecule has 0 fully saturated rings. The van der Waals surface area contributed by atoms with Crippen LogP contribution in [0.4, 0.5) is 17.1 Å². The first-order valence-corrected chi connectivity index (χ1v) is 20.1. The fourth-order valence-electron chi connectivity index (χ4n) is 9.81.